The molecule has 2 aromatic rings. The Morgan fingerprint density at radius 1 is 1.29 bits per heavy atom. The van der Waals surface area contributed by atoms with Gasteiger partial charge in [0.1, 0.15) is 17.4 Å². The molecule has 0 bridgehead atoms. The van der Waals surface area contributed by atoms with E-state index in [4.69, 9.17) is 16.3 Å². The first-order valence-corrected chi connectivity index (χ1v) is 6.60. The van der Waals surface area contributed by atoms with Gasteiger partial charge in [-0.15, -0.1) is 0 Å². The molecule has 2 nitrogen and oxygen atoms in total. The zero-order chi connectivity index (χ0) is 15.4. The van der Waals surface area contributed by atoms with Crippen molar-refractivity contribution >= 4 is 11.6 Å². The van der Waals surface area contributed by atoms with Gasteiger partial charge in [0.15, 0.2) is 0 Å². The molecule has 0 radical (unpaired) electrons. The van der Waals surface area contributed by atoms with Crippen LogP contribution in [0.2, 0.25) is 5.02 Å². The molecular weight excluding hydrogens is 296 g/mol. The first kappa shape index (κ1) is 15.3. The van der Waals surface area contributed by atoms with Crippen molar-refractivity contribution in [3.05, 3.63) is 64.2 Å². The number of hydrogen-bond donors (Lipinski definition) is 0. The summed E-state index contributed by atoms with van der Waals surface area (Å²) in [6.07, 6.45) is 0.0435. The first-order chi connectivity index (χ1) is 10.1. The lowest BCUT2D eigenvalue weighted by Crippen LogP contribution is -2.05. The zero-order valence-corrected chi connectivity index (χ0v) is 12.0. The average Bonchev–Trinajstić information content (AvgIpc) is 2.47. The number of ether oxygens (including phenoxy) is 1. The fraction of sp³-hybridized carbons (Fsp3) is 0.188. The highest BCUT2D eigenvalue weighted by Gasteiger charge is 2.20. The molecule has 108 valence electrons. The minimum atomic E-state index is -0.759. The summed E-state index contributed by atoms with van der Waals surface area (Å²) in [7, 11) is 1.43. The Morgan fingerprint density at radius 2 is 2.05 bits per heavy atom. The maximum atomic E-state index is 13.8. The Hall–Kier alpha value is -2.12. The van der Waals surface area contributed by atoms with Gasteiger partial charge in [-0.25, -0.2) is 8.78 Å². The number of halogens is 3. The SMILES string of the molecule is COc1ccc(F)cc1C(C#N)Cc1c(F)cccc1Cl. The van der Waals surface area contributed by atoms with Gasteiger partial charge in [0.25, 0.3) is 0 Å². The highest BCUT2D eigenvalue weighted by atomic mass is 35.5. The van der Waals surface area contributed by atoms with Gasteiger partial charge < -0.3 is 4.74 Å². The number of hydrogen-bond acceptors (Lipinski definition) is 2. The van der Waals surface area contributed by atoms with Crippen molar-refractivity contribution in [1.82, 2.24) is 0 Å². The predicted octanol–water partition coefficient (Wildman–Crippen LogP) is 4.48. The van der Waals surface area contributed by atoms with Crippen molar-refractivity contribution < 1.29 is 13.5 Å². The Bertz CT molecular complexity index is 677. The predicted molar refractivity (Wildman–Crippen MR) is 76.4 cm³/mol. The van der Waals surface area contributed by atoms with E-state index in [0.29, 0.717) is 11.3 Å². The van der Waals surface area contributed by atoms with Crippen LogP contribution in [0.5, 0.6) is 5.75 Å². The van der Waals surface area contributed by atoms with Crippen molar-refractivity contribution in [1.29, 1.82) is 5.26 Å². The van der Waals surface area contributed by atoms with E-state index < -0.39 is 17.6 Å². The van der Waals surface area contributed by atoms with E-state index in [1.165, 1.54) is 37.4 Å². The van der Waals surface area contributed by atoms with Crippen molar-refractivity contribution in [2.45, 2.75) is 12.3 Å². The van der Waals surface area contributed by atoms with E-state index in [1.807, 2.05) is 0 Å². The molecule has 0 aromatic heterocycles. The van der Waals surface area contributed by atoms with E-state index in [9.17, 15) is 14.0 Å². The highest BCUT2D eigenvalue weighted by molar-refractivity contribution is 6.31. The van der Waals surface area contributed by atoms with Gasteiger partial charge in [0.05, 0.1) is 19.1 Å². The van der Waals surface area contributed by atoms with Crippen molar-refractivity contribution in [2.75, 3.05) is 7.11 Å². The van der Waals surface area contributed by atoms with Crippen LogP contribution in [0, 0.1) is 23.0 Å². The molecule has 1 unspecified atom stereocenters. The lowest BCUT2D eigenvalue weighted by atomic mass is 9.92. The monoisotopic (exact) mass is 307 g/mol. The third kappa shape index (κ3) is 3.32. The molecule has 21 heavy (non-hydrogen) atoms. The molecule has 0 spiro atoms. The standard InChI is InChI=1S/C16H12ClF2NO/c1-21-16-6-5-11(18)8-12(16)10(9-20)7-13-14(17)3-2-4-15(13)19/h2-6,8,10H,7H2,1H3. The third-order valence-corrected chi connectivity index (χ3v) is 3.55. The van der Waals surface area contributed by atoms with Crippen LogP contribution in [0.15, 0.2) is 36.4 Å². The van der Waals surface area contributed by atoms with Crippen LogP contribution in [-0.2, 0) is 6.42 Å². The summed E-state index contributed by atoms with van der Waals surface area (Å²) < 4.78 is 32.4. The van der Waals surface area contributed by atoms with Gasteiger partial charge in [-0.1, -0.05) is 17.7 Å². The zero-order valence-electron chi connectivity index (χ0n) is 11.2. The fourth-order valence-corrected chi connectivity index (χ4v) is 2.37. The molecule has 0 saturated carbocycles. The molecule has 2 aromatic carbocycles. The Kier molecular flexibility index (Phi) is 4.77. The van der Waals surface area contributed by atoms with Gasteiger partial charge in [0, 0.05) is 16.1 Å². The minimum Gasteiger partial charge on any atom is -0.496 e. The van der Waals surface area contributed by atoms with Crippen LogP contribution in [0.1, 0.15) is 17.0 Å². The molecule has 0 amide bonds. The van der Waals surface area contributed by atoms with Gasteiger partial charge in [-0.3, -0.25) is 0 Å². The molecule has 0 saturated heterocycles. The topological polar surface area (TPSA) is 33.0 Å². The van der Waals surface area contributed by atoms with Crippen molar-refractivity contribution in [2.24, 2.45) is 0 Å². The van der Waals surface area contributed by atoms with Gasteiger partial charge in [-0.2, -0.15) is 5.26 Å². The maximum absolute atomic E-state index is 13.8. The summed E-state index contributed by atoms with van der Waals surface area (Å²) in [5.74, 6) is -1.34. The average molecular weight is 308 g/mol. The van der Waals surface area contributed by atoms with Crippen LogP contribution < -0.4 is 4.74 Å². The largest absolute Gasteiger partial charge is 0.496 e. The second kappa shape index (κ2) is 6.55. The molecule has 5 heteroatoms. The van der Waals surface area contributed by atoms with Gasteiger partial charge in [0.2, 0.25) is 0 Å². The summed E-state index contributed by atoms with van der Waals surface area (Å²) >= 11 is 5.97. The smallest absolute Gasteiger partial charge is 0.127 e. The molecular formula is C16H12ClF2NO. The Balaban J connectivity index is 2.42. The minimum absolute atomic E-state index is 0.0435. The summed E-state index contributed by atoms with van der Waals surface area (Å²) in [6, 6.07) is 10.3. The number of methoxy groups -OCH3 is 1. The van der Waals surface area contributed by atoms with Crippen LogP contribution in [0.3, 0.4) is 0 Å². The number of nitrogens with zero attached hydrogens (tertiary/aromatic N) is 1. The maximum Gasteiger partial charge on any atom is 0.127 e. The molecule has 1 atom stereocenters. The Labute approximate surface area is 126 Å². The summed E-state index contributed by atoms with van der Waals surface area (Å²) in [5, 5.41) is 9.58. The first-order valence-electron chi connectivity index (χ1n) is 6.22. The molecule has 0 aliphatic heterocycles. The van der Waals surface area contributed by atoms with Crippen LogP contribution in [-0.4, -0.2) is 7.11 Å². The second-order valence-corrected chi connectivity index (χ2v) is 4.88. The van der Waals surface area contributed by atoms with E-state index in [2.05, 4.69) is 6.07 Å². The number of rotatable bonds is 4. The molecule has 0 heterocycles. The van der Waals surface area contributed by atoms with E-state index >= 15 is 0 Å². The van der Waals surface area contributed by atoms with E-state index in [0.717, 1.165) is 0 Å². The summed E-state index contributed by atoms with van der Waals surface area (Å²) in [5.41, 5.74) is 0.608. The highest BCUT2D eigenvalue weighted by Crippen LogP contribution is 2.32. The molecule has 2 rings (SSSR count). The van der Waals surface area contributed by atoms with E-state index in [1.54, 1.807) is 6.07 Å². The van der Waals surface area contributed by atoms with Crippen LogP contribution >= 0.6 is 11.6 Å². The summed E-state index contributed by atoms with van der Waals surface area (Å²) in [4.78, 5) is 0. The van der Waals surface area contributed by atoms with Crippen LogP contribution in [0.25, 0.3) is 0 Å². The normalized spacial score (nSPS) is 11.8. The lowest BCUT2D eigenvalue weighted by Gasteiger charge is -2.15. The van der Waals surface area contributed by atoms with Crippen molar-refractivity contribution in [3.8, 4) is 11.8 Å². The Morgan fingerprint density at radius 3 is 2.67 bits per heavy atom. The second-order valence-electron chi connectivity index (χ2n) is 4.47. The van der Waals surface area contributed by atoms with Gasteiger partial charge in [-0.05, 0) is 36.8 Å². The van der Waals surface area contributed by atoms with Crippen molar-refractivity contribution in [3.63, 3.8) is 0 Å². The molecule has 0 fully saturated rings. The summed E-state index contributed by atoms with van der Waals surface area (Å²) in [6.45, 7) is 0. The molecule has 0 N–H and O–H groups in total. The van der Waals surface area contributed by atoms with E-state index in [-0.39, 0.29) is 17.0 Å². The fourth-order valence-electron chi connectivity index (χ4n) is 2.13. The van der Waals surface area contributed by atoms with Gasteiger partial charge >= 0.3 is 0 Å². The molecule has 0 aliphatic carbocycles. The number of benzene rings is 2. The third-order valence-electron chi connectivity index (χ3n) is 3.19. The number of nitriles is 1. The van der Waals surface area contributed by atoms with Crippen LogP contribution in [0.4, 0.5) is 8.78 Å². The lowest BCUT2D eigenvalue weighted by molar-refractivity contribution is 0.406. The quantitative estimate of drug-likeness (QED) is 0.834. The molecule has 0 aliphatic rings.